The fourth-order valence-corrected chi connectivity index (χ4v) is 4.93. The second-order valence-electron chi connectivity index (χ2n) is 7.84. The summed E-state index contributed by atoms with van der Waals surface area (Å²) in [6.45, 7) is 6.94. The zero-order chi connectivity index (χ0) is 14.3. The van der Waals surface area contributed by atoms with Crippen molar-refractivity contribution in [2.24, 2.45) is 22.4 Å². The van der Waals surface area contributed by atoms with Crippen molar-refractivity contribution in [2.75, 3.05) is 0 Å². The molecule has 3 rings (SSSR count). The molecule has 4 unspecified atom stereocenters. The number of rotatable bonds is 2. The number of fused-ring (bicyclic) bond motifs is 1. The first-order valence-corrected chi connectivity index (χ1v) is 8.29. The maximum atomic E-state index is 11.3. The molecule has 20 heavy (non-hydrogen) atoms. The minimum Gasteiger partial charge on any atom is -0.301 e. The number of carbonyl (C=O) groups is 1. The minimum atomic E-state index is 0.00301. The van der Waals surface area contributed by atoms with Crippen molar-refractivity contribution >= 4 is 12.0 Å². The van der Waals surface area contributed by atoms with Crippen LogP contribution >= 0.6 is 0 Å². The molecular weight excluding hydrogens is 248 g/mol. The first kappa shape index (κ1) is 14.1. The normalized spacial score (nSPS) is 40.1. The molecule has 0 radical (unpaired) electrons. The molecular formula is C17H28N2O. The standard InChI is InChI=1S/C17H28N2O/c1-12-9-15(11-20)19(18-12)14-7-6-13-5-4-8-17(2,3)16(13)10-14/h11,13-16H,4-10H2,1-3H3. The summed E-state index contributed by atoms with van der Waals surface area (Å²) in [5.41, 5.74) is 1.59. The molecule has 0 saturated heterocycles. The second-order valence-corrected chi connectivity index (χ2v) is 7.84. The van der Waals surface area contributed by atoms with E-state index >= 15 is 0 Å². The molecule has 4 atom stereocenters. The van der Waals surface area contributed by atoms with Gasteiger partial charge in [-0.1, -0.05) is 26.7 Å². The Labute approximate surface area is 122 Å². The molecule has 0 N–H and O–H groups in total. The van der Waals surface area contributed by atoms with Crippen molar-refractivity contribution in [1.29, 1.82) is 0 Å². The average Bonchev–Trinajstić information content (AvgIpc) is 2.79. The number of carbonyl (C=O) groups excluding carboxylic acids is 1. The van der Waals surface area contributed by atoms with Gasteiger partial charge in [0.05, 0.1) is 0 Å². The summed E-state index contributed by atoms with van der Waals surface area (Å²) in [7, 11) is 0. The van der Waals surface area contributed by atoms with E-state index in [1.807, 2.05) is 6.92 Å². The number of aldehydes is 1. The highest BCUT2D eigenvalue weighted by molar-refractivity contribution is 5.87. The van der Waals surface area contributed by atoms with Gasteiger partial charge in [0.15, 0.2) is 0 Å². The van der Waals surface area contributed by atoms with Gasteiger partial charge in [0, 0.05) is 18.2 Å². The predicted molar refractivity (Wildman–Crippen MR) is 81.7 cm³/mol. The third-order valence-corrected chi connectivity index (χ3v) is 6.03. The molecule has 2 saturated carbocycles. The first-order valence-electron chi connectivity index (χ1n) is 8.29. The minimum absolute atomic E-state index is 0.00301. The van der Waals surface area contributed by atoms with Crippen molar-refractivity contribution in [3.63, 3.8) is 0 Å². The van der Waals surface area contributed by atoms with Crippen LogP contribution < -0.4 is 0 Å². The van der Waals surface area contributed by atoms with Crippen molar-refractivity contribution in [3.05, 3.63) is 0 Å². The summed E-state index contributed by atoms with van der Waals surface area (Å²) in [5.74, 6) is 1.73. The van der Waals surface area contributed by atoms with E-state index in [1.165, 1.54) is 38.5 Å². The van der Waals surface area contributed by atoms with Gasteiger partial charge in [0.1, 0.15) is 12.3 Å². The summed E-state index contributed by atoms with van der Waals surface area (Å²) in [6.07, 6.45) is 9.89. The van der Waals surface area contributed by atoms with Gasteiger partial charge in [-0.05, 0) is 49.9 Å². The summed E-state index contributed by atoms with van der Waals surface area (Å²) in [5, 5.41) is 6.81. The summed E-state index contributed by atoms with van der Waals surface area (Å²) in [6, 6.07) is 0.490. The Morgan fingerprint density at radius 1 is 1.30 bits per heavy atom. The van der Waals surface area contributed by atoms with Crippen LogP contribution in [-0.2, 0) is 4.79 Å². The van der Waals surface area contributed by atoms with Crippen LogP contribution in [-0.4, -0.2) is 29.1 Å². The van der Waals surface area contributed by atoms with Crippen molar-refractivity contribution < 1.29 is 4.79 Å². The third-order valence-electron chi connectivity index (χ3n) is 6.03. The molecule has 0 bridgehead atoms. The van der Waals surface area contributed by atoms with Gasteiger partial charge < -0.3 is 4.79 Å². The van der Waals surface area contributed by atoms with Crippen LogP contribution in [0, 0.1) is 17.3 Å². The largest absolute Gasteiger partial charge is 0.301 e. The van der Waals surface area contributed by atoms with Crippen LogP contribution in [0.15, 0.2) is 5.10 Å². The summed E-state index contributed by atoms with van der Waals surface area (Å²) < 4.78 is 0. The molecule has 3 heteroatoms. The van der Waals surface area contributed by atoms with Crippen molar-refractivity contribution in [3.8, 4) is 0 Å². The van der Waals surface area contributed by atoms with Gasteiger partial charge in [0.25, 0.3) is 0 Å². The molecule has 2 aliphatic carbocycles. The molecule has 0 aromatic carbocycles. The second kappa shape index (κ2) is 5.16. The topological polar surface area (TPSA) is 32.7 Å². The predicted octanol–water partition coefficient (Wildman–Crippen LogP) is 3.63. The lowest BCUT2D eigenvalue weighted by Crippen LogP contribution is -2.47. The molecule has 1 aliphatic heterocycles. The molecule has 3 nitrogen and oxygen atoms in total. The van der Waals surface area contributed by atoms with E-state index in [2.05, 4.69) is 24.0 Å². The van der Waals surface area contributed by atoms with Crippen LogP contribution in [0.1, 0.15) is 65.7 Å². The van der Waals surface area contributed by atoms with Crippen LogP contribution in [0.3, 0.4) is 0 Å². The zero-order valence-electron chi connectivity index (χ0n) is 13.1. The zero-order valence-corrected chi connectivity index (χ0v) is 13.1. The number of hydrogen-bond donors (Lipinski definition) is 0. The monoisotopic (exact) mass is 276 g/mol. The van der Waals surface area contributed by atoms with Gasteiger partial charge in [-0.2, -0.15) is 5.10 Å². The highest BCUT2D eigenvalue weighted by Gasteiger charge is 2.44. The molecule has 0 aromatic rings. The van der Waals surface area contributed by atoms with Crippen molar-refractivity contribution in [1.82, 2.24) is 5.01 Å². The van der Waals surface area contributed by atoms with E-state index in [0.29, 0.717) is 11.5 Å². The van der Waals surface area contributed by atoms with Gasteiger partial charge in [0.2, 0.25) is 0 Å². The van der Waals surface area contributed by atoms with Crippen LogP contribution in [0.25, 0.3) is 0 Å². The lowest BCUT2D eigenvalue weighted by molar-refractivity contribution is -0.113. The summed E-state index contributed by atoms with van der Waals surface area (Å²) in [4.78, 5) is 11.3. The highest BCUT2D eigenvalue weighted by Crippen LogP contribution is 2.51. The highest BCUT2D eigenvalue weighted by atomic mass is 16.1. The molecule has 0 spiro atoms. The maximum Gasteiger partial charge on any atom is 0.144 e. The van der Waals surface area contributed by atoms with Gasteiger partial charge in [-0.25, -0.2) is 0 Å². The Bertz CT molecular complexity index is 415. The Morgan fingerprint density at radius 2 is 2.10 bits per heavy atom. The number of nitrogens with zero attached hydrogens (tertiary/aromatic N) is 2. The maximum absolute atomic E-state index is 11.3. The molecule has 112 valence electrons. The average molecular weight is 276 g/mol. The first-order chi connectivity index (χ1) is 9.51. The van der Waals surface area contributed by atoms with Gasteiger partial charge >= 0.3 is 0 Å². The van der Waals surface area contributed by atoms with Crippen molar-refractivity contribution in [2.45, 2.75) is 77.8 Å². The lowest BCUT2D eigenvalue weighted by Gasteiger charge is -2.50. The quantitative estimate of drug-likeness (QED) is 0.721. The van der Waals surface area contributed by atoms with Gasteiger partial charge in [-0.15, -0.1) is 0 Å². The Kier molecular flexibility index (Phi) is 3.64. The molecule has 0 aromatic heterocycles. The third kappa shape index (κ3) is 2.40. The Balaban J connectivity index is 1.75. The molecule has 1 heterocycles. The Morgan fingerprint density at radius 3 is 2.85 bits per heavy atom. The van der Waals surface area contributed by atoms with E-state index in [-0.39, 0.29) is 6.04 Å². The van der Waals surface area contributed by atoms with E-state index in [4.69, 9.17) is 0 Å². The fourth-order valence-electron chi connectivity index (χ4n) is 4.93. The van der Waals surface area contributed by atoms with Crippen LogP contribution in [0.5, 0.6) is 0 Å². The molecule has 0 amide bonds. The van der Waals surface area contributed by atoms with E-state index in [1.54, 1.807) is 0 Å². The van der Waals surface area contributed by atoms with E-state index in [9.17, 15) is 4.79 Å². The van der Waals surface area contributed by atoms with Crippen LogP contribution in [0.4, 0.5) is 0 Å². The number of hydrogen-bond acceptors (Lipinski definition) is 3. The number of hydrazone groups is 1. The van der Waals surface area contributed by atoms with Crippen LogP contribution in [0.2, 0.25) is 0 Å². The smallest absolute Gasteiger partial charge is 0.144 e. The van der Waals surface area contributed by atoms with E-state index in [0.717, 1.165) is 30.3 Å². The SMILES string of the molecule is CC1=NN(C2CCC3CCCC(C)(C)C3C2)C(C=O)C1. The van der Waals surface area contributed by atoms with E-state index < -0.39 is 0 Å². The molecule has 3 aliphatic rings. The Hall–Kier alpha value is -0.860. The lowest BCUT2D eigenvalue weighted by atomic mass is 9.58. The summed E-state index contributed by atoms with van der Waals surface area (Å²) >= 11 is 0. The van der Waals surface area contributed by atoms with Gasteiger partial charge in [-0.3, -0.25) is 5.01 Å². The molecule has 2 fully saturated rings. The fraction of sp³-hybridized carbons (Fsp3) is 0.882.